The Morgan fingerprint density at radius 3 is 0.476 bits per heavy atom. The third-order valence-electron chi connectivity index (χ3n) is 19.6. The number of hydrogen-bond donors (Lipinski definition) is 0. The zero-order chi connectivity index (χ0) is 73.5. The Morgan fingerprint density at radius 2 is 0.330 bits per heavy atom. The van der Waals surface area contributed by atoms with Crippen molar-refractivity contribution in [2.24, 2.45) is 0 Å². The largest absolute Gasteiger partial charge is 3.00 e. The van der Waals surface area contributed by atoms with Crippen molar-refractivity contribution >= 4 is 38.7 Å². The molecule has 103 heavy (non-hydrogen) atoms. The molecule has 575 valence electrons. The van der Waals surface area contributed by atoms with Gasteiger partial charge < -0.3 is 28.3 Å². The summed E-state index contributed by atoms with van der Waals surface area (Å²) in [5, 5.41) is 0.717. The summed E-state index contributed by atoms with van der Waals surface area (Å²) >= 11 is 0. The van der Waals surface area contributed by atoms with E-state index in [0.717, 1.165) is 57.8 Å². The minimum Gasteiger partial charge on any atom is -0.765 e. The van der Waals surface area contributed by atoms with E-state index in [9.17, 15) is 28.4 Å². The van der Waals surface area contributed by atoms with Gasteiger partial charge in [0.25, 0.3) is 0 Å². The molecule has 0 N–H and O–H groups in total. The van der Waals surface area contributed by atoms with Gasteiger partial charge in [-0.25, -0.2) is 0 Å². The van der Waals surface area contributed by atoms with Crippen molar-refractivity contribution < 1.29 is 59.0 Å². The Balaban J connectivity index is 0.000000399. The molecular formula is C90H138FeO9P3. The van der Waals surface area contributed by atoms with Crippen LogP contribution in [-0.4, -0.2) is 0 Å². The fraction of sp³-hybridized carbons (Fsp3) is 0.600. The van der Waals surface area contributed by atoms with Crippen LogP contribution in [-0.2, 0) is 69.3 Å². The van der Waals surface area contributed by atoms with Gasteiger partial charge in [-0.3, -0.25) is 13.7 Å². The molecule has 0 aromatic heterocycles. The number of rotatable bonds is 57. The molecule has 0 aliphatic rings. The average Bonchev–Trinajstić information content (AvgIpc) is 0.842. The SMILES string of the molecule is CCCCCCCCCc1ccc(OP(=O)([O-])c2ccc(CCCCCCCCC)cc2)cc1.CCCCCCCCCc1ccc(OP(=O)([O-])c2ccc(CCCCCCCCC)cc2)cc1.CCCCCCCCCc1ccc(OP(=O)([O-])c2ccc(CCCCCCCCC)cc2)cc1.[Fe+3]. The Bertz CT molecular complexity index is 2790. The van der Waals surface area contributed by atoms with Crippen LogP contribution in [0.5, 0.6) is 17.2 Å². The van der Waals surface area contributed by atoms with Crippen LogP contribution in [0.2, 0.25) is 0 Å². The first-order chi connectivity index (χ1) is 49.6. The molecule has 0 aliphatic heterocycles. The molecule has 6 aromatic rings. The van der Waals surface area contributed by atoms with Crippen LogP contribution < -0.4 is 44.2 Å². The number of benzene rings is 6. The van der Waals surface area contributed by atoms with Gasteiger partial charge in [-0.1, -0.05) is 345 Å². The minimum atomic E-state index is -4.14. The second-order valence-corrected chi connectivity index (χ2v) is 34.0. The van der Waals surface area contributed by atoms with E-state index >= 15 is 0 Å². The van der Waals surface area contributed by atoms with Crippen molar-refractivity contribution in [3.63, 3.8) is 0 Å². The summed E-state index contributed by atoms with van der Waals surface area (Å²) in [5.74, 6) is 1.15. The smallest absolute Gasteiger partial charge is 0.765 e. The molecular weight excluding hydrogens is 1370 g/mol. The zero-order valence-corrected chi connectivity index (χ0v) is 69.0. The van der Waals surface area contributed by atoms with Gasteiger partial charge in [-0.15, -0.1) is 0 Å². The standard InChI is InChI=1S/3C30H47O3P.Fe/c3*1-3-5-7-9-11-13-15-17-27-19-23-29(24-20-27)33-34(31,32)30-25-21-28(22-26-30)18-16-14-12-10-8-6-4-2;/h3*19-26H,3-18H2,1-2H3,(H,31,32);/q;;;+3/p-3. The van der Waals surface area contributed by atoms with Crippen LogP contribution in [0.4, 0.5) is 0 Å². The minimum absolute atomic E-state index is 0. The number of aryl methyl sites for hydroxylation is 6. The van der Waals surface area contributed by atoms with E-state index in [1.54, 1.807) is 72.8 Å². The maximum atomic E-state index is 12.7. The molecule has 0 saturated heterocycles. The first-order valence-corrected chi connectivity index (χ1v) is 45.8. The van der Waals surface area contributed by atoms with Gasteiger partial charge in [0, 0.05) is 15.9 Å². The summed E-state index contributed by atoms with van der Waals surface area (Å²) in [4.78, 5) is 38.1. The van der Waals surface area contributed by atoms with E-state index in [0.29, 0.717) is 17.2 Å². The van der Waals surface area contributed by atoms with E-state index < -0.39 is 22.8 Å². The predicted molar refractivity (Wildman–Crippen MR) is 432 cm³/mol. The fourth-order valence-electron chi connectivity index (χ4n) is 13.0. The first kappa shape index (κ1) is 93.0. The molecule has 9 nitrogen and oxygen atoms in total. The van der Waals surface area contributed by atoms with E-state index in [-0.39, 0.29) is 33.0 Å². The number of hydrogen-bond acceptors (Lipinski definition) is 9. The average molecular weight is 1510 g/mol. The maximum Gasteiger partial charge on any atom is 3.00 e. The molecule has 0 aliphatic carbocycles. The van der Waals surface area contributed by atoms with Crippen LogP contribution in [0.1, 0.15) is 345 Å². The molecule has 0 saturated carbocycles. The van der Waals surface area contributed by atoms with Crippen LogP contribution in [0.3, 0.4) is 0 Å². The Hall–Kier alpha value is -4.19. The Morgan fingerprint density at radius 1 is 0.204 bits per heavy atom. The summed E-state index contributed by atoms with van der Waals surface area (Å²) in [7, 11) is -12.4. The molecule has 6 aromatic carbocycles. The quantitative estimate of drug-likeness (QED) is 0.0207. The zero-order valence-electron chi connectivity index (χ0n) is 65.2. The van der Waals surface area contributed by atoms with E-state index in [4.69, 9.17) is 13.6 Å². The monoisotopic (exact) mass is 1510 g/mol. The molecule has 3 unspecified atom stereocenters. The molecule has 0 spiro atoms. The van der Waals surface area contributed by atoms with Gasteiger partial charge in [0.1, 0.15) is 17.2 Å². The van der Waals surface area contributed by atoms with Gasteiger partial charge >= 0.3 is 17.1 Å². The van der Waals surface area contributed by atoms with Gasteiger partial charge in [0.2, 0.25) is 22.8 Å². The summed E-state index contributed by atoms with van der Waals surface area (Å²) in [6, 6.07) is 44.2. The van der Waals surface area contributed by atoms with Crippen molar-refractivity contribution in [1.29, 1.82) is 0 Å². The van der Waals surface area contributed by atoms with Gasteiger partial charge in [-0.05, 0) is 183 Å². The third-order valence-corrected chi connectivity index (χ3v) is 23.8. The number of unbranched alkanes of at least 4 members (excludes halogenated alkanes) is 36. The summed E-state index contributed by atoms with van der Waals surface area (Å²) in [6.07, 6.45) is 60.1. The molecule has 13 heteroatoms. The van der Waals surface area contributed by atoms with Crippen molar-refractivity contribution in [2.45, 2.75) is 350 Å². The van der Waals surface area contributed by atoms with Gasteiger partial charge in [0.05, 0.1) is 0 Å². The van der Waals surface area contributed by atoms with E-state index in [1.165, 1.54) is 284 Å². The van der Waals surface area contributed by atoms with E-state index in [1.807, 2.05) is 72.8 Å². The maximum absolute atomic E-state index is 12.7. The molecule has 0 fully saturated rings. The van der Waals surface area contributed by atoms with E-state index in [2.05, 4.69) is 41.5 Å². The summed E-state index contributed by atoms with van der Waals surface area (Å²) < 4.78 is 54.3. The van der Waals surface area contributed by atoms with Crippen LogP contribution in [0.15, 0.2) is 146 Å². The van der Waals surface area contributed by atoms with Crippen LogP contribution in [0, 0.1) is 0 Å². The predicted octanol–water partition coefficient (Wildman–Crippen LogP) is 25.6. The molecule has 6 rings (SSSR count). The van der Waals surface area contributed by atoms with Crippen molar-refractivity contribution in [3.8, 4) is 17.2 Å². The topological polar surface area (TPSA) is 148 Å². The van der Waals surface area contributed by atoms with Crippen molar-refractivity contribution in [3.05, 3.63) is 179 Å². The van der Waals surface area contributed by atoms with Crippen LogP contribution in [0.25, 0.3) is 0 Å². The summed E-state index contributed by atoms with van der Waals surface area (Å²) in [6.45, 7) is 13.4. The molecule has 3 atom stereocenters. The molecule has 0 heterocycles. The normalized spacial score (nSPS) is 12.9. The van der Waals surface area contributed by atoms with Crippen LogP contribution >= 0.6 is 22.8 Å². The molecule has 0 bridgehead atoms. The van der Waals surface area contributed by atoms with Crippen molar-refractivity contribution in [1.82, 2.24) is 0 Å². The third kappa shape index (κ3) is 44.0. The van der Waals surface area contributed by atoms with Crippen molar-refractivity contribution in [2.75, 3.05) is 0 Å². The second kappa shape index (κ2) is 58.8. The van der Waals surface area contributed by atoms with Gasteiger partial charge in [-0.2, -0.15) is 0 Å². The summed E-state index contributed by atoms with van der Waals surface area (Å²) in [5.41, 5.74) is 7.26. The molecule has 1 radical (unpaired) electrons. The van der Waals surface area contributed by atoms with Gasteiger partial charge in [0.15, 0.2) is 0 Å². The fourth-order valence-corrected chi connectivity index (χ4v) is 16.0. The second-order valence-electron chi connectivity index (χ2n) is 28.9. The Labute approximate surface area is 639 Å². The molecule has 0 amide bonds. The Kier molecular flexibility index (Phi) is 53.1. The first-order valence-electron chi connectivity index (χ1n) is 41.2.